The van der Waals surface area contributed by atoms with Crippen molar-refractivity contribution in [2.75, 3.05) is 19.0 Å². The summed E-state index contributed by atoms with van der Waals surface area (Å²) in [6, 6.07) is 15.6. The fourth-order valence-electron chi connectivity index (χ4n) is 3.79. The number of nitrogens with zero attached hydrogens (tertiary/aromatic N) is 5. The van der Waals surface area contributed by atoms with Crippen molar-refractivity contribution in [3.8, 4) is 34.1 Å². The highest BCUT2D eigenvalue weighted by molar-refractivity contribution is 5.89. The van der Waals surface area contributed by atoms with Crippen molar-refractivity contribution < 1.29 is 13.9 Å². The Bertz CT molecular complexity index is 1510. The predicted octanol–water partition coefficient (Wildman–Crippen LogP) is 4.54. The number of methoxy groups -OCH3 is 1. The maximum atomic E-state index is 13.9. The van der Waals surface area contributed by atoms with Gasteiger partial charge < -0.3 is 15.4 Å². The Kier molecular flexibility index (Phi) is 5.84. The number of carbonyl (C=O) groups excluding carboxylic acids is 1. The first-order valence-electron chi connectivity index (χ1n) is 10.9. The Morgan fingerprint density at radius 3 is 2.63 bits per heavy atom. The number of urea groups is 1. The second-order valence-electron chi connectivity index (χ2n) is 7.67. The number of carbonyl (C=O) groups is 1. The summed E-state index contributed by atoms with van der Waals surface area (Å²) in [5.74, 6) is 0.262. The minimum absolute atomic E-state index is 0.126. The summed E-state index contributed by atoms with van der Waals surface area (Å²) in [6.45, 7) is 2.41. The number of hydrogen-bond acceptors (Lipinski definition) is 5. The van der Waals surface area contributed by atoms with Crippen LogP contribution in [0.4, 0.5) is 14.9 Å². The monoisotopic (exact) mass is 471 g/mol. The number of halogens is 1. The summed E-state index contributed by atoms with van der Waals surface area (Å²) in [4.78, 5) is 20.7. The van der Waals surface area contributed by atoms with E-state index in [0.717, 1.165) is 22.5 Å². The van der Waals surface area contributed by atoms with Gasteiger partial charge in [-0.15, -0.1) is 0 Å². The van der Waals surface area contributed by atoms with Crippen LogP contribution in [0.25, 0.3) is 34.0 Å². The maximum absolute atomic E-state index is 13.9. The molecule has 0 aliphatic heterocycles. The minimum atomic E-state index is -0.449. The molecule has 2 N–H and O–H groups in total. The van der Waals surface area contributed by atoms with Crippen molar-refractivity contribution in [3.05, 3.63) is 79.1 Å². The molecule has 0 aliphatic carbocycles. The summed E-state index contributed by atoms with van der Waals surface area (Å²) in [5.41, 5.74) is 4.69. The number of amides is 2. The van der Waals surface area contributed by atoms with Crippen LogP contribution in [-0.2, 0) is 0 Å². The van der Waals surface area contributed by atoms with Crippen LogP contribution in [0.1, 0.15) is 6.92 Å². The summed E-state index contributed by atoms with van der Waals surface area (Å²) >= 11 is 0. The Labute approximate surface area is 200 Å². The molecule has 0 fully saturated rings. The Hall–Kier alpha value is -4.73. The molecule has 2 aromatic carbocycles. The van der Waals surface area contributed by atoms with Gasteiger partial charge in [-0.1, -0.05) is 12.1 Å². The molecule has 0 unspecified atom stereocenters. The van der Waals surface area contributed by atoms with E-state index in [2.05, 4.69) is 25.7 Å². The molecule has 10 heteroatoms. The summed E-state index contributed by atoms with van der Waals surface area (Å²) in [5, 5.41) is 9.82. The standard InChI is InChI=1S/C25H22FN7O2/c1-3-27-25(34)31-18-7-4-16(5-8-18)21-13-28-23-11-6-17(14-32(21)23)24-29-15-30-33(24)19-9-10-20(26)22(12-19)35-2/h4-15H,3H2,1-2H3,(H2,27,31,34). The van der Waals surface area contributed by atoms with E-state index in [1.54, 1.807) is 23.0 Å². The molecule has 35 heavy (non-hydrogen) atoms. The van der Waals surface area contributed by atoms with Gasteiger partial charge in [0.05, 0.1) is 24.7 Å². The normalized spacial score (nSPS) is 10.9. The molecular formula is C25H22FN7O2. The third-order valence-electron chi connectivity index (χ3n) is 5.47. The van der Waals surface area contributed by atoms with Gasteiger partial charge in [0.1, 0.15) is 12.0 Å². The second-order valence-corrected chi connectivity index (χ2v) is 7.67. The molecule has 0 spiro atoms. The van der Waals surface area contributed by atoms with E-state index in [4.69, 9.17) is 4.74 Å². The first-order chi connectivity index (χ1) is 17.1. The van der Waals surface area contributed by atoms with Crippen molar-refractivity contribution in [1.82, 2.24) is 29.5 Å². The lowest BCUT2D eigenvalue weighted by molar-refractivity contribution is 0.252. The van der Waals surface area contributed by atoms with Crippen molar-refractivity contribution in [1.29, 1.82) is 0 Å². The summed E-state index contributed by atoms with van der Waals surface area (Å²) in [6.07, 6.45) is 5.17. The lowest BCUT2D eigenvalue weighted by atomic mass is 10.1. The van der Waals surface area contributed by atoms with Crippen LogP contribution in [0.5, 0.6) is 5.75 Å². The molecule has 5 rings (SSSR count). The number of ether oxygens (including phenoxy) is 1. The van der Waals surface area contributed by atoms with Crippen LogP contribution in [0.2, 0.25) is 0 Å². The molecule has 5 aromatic rings. The number of anilines is 1. The van der Waals surface area contributed by atoms with Crippen LogP contribution in [0, 0.1) is 5.82 Å². The summed E-state index contributed by atoms with van der Waals surface area (Å²) in [7, 11) is 1.42. The average molecular weight is 471 g/mol. The highest BCUT2D eigenvalue weighted by atomic mass is 19.1. The molecule has 9 nitrogen and oxygen atoms in total. The van der Waals surface area contributed by atoms with Crippen LogP contribution < -0.4 is 15.4 Å². The highest BCUT2D eigenvalue weighted by Gasteiger charge is 2.14. The largest absolute Gasteiger partial charge is 0.494 e. The van der Waals surface area contributed by atoms with Gasteiger partial charge in [0, 0.05) is 35.6 Å². The Balaban J connectivity index is 1.50. The molecule has 0 atom stereocenters. The zero-order valence-electron chi connectivity index (χ0n) is 19.1. The number of fused-ring (bicyclic) bond motifs is 1. The molecule has 3 aromatic heterocycles. The van der Waals surface area contributed by atoms with Crippen molar-refractivity contribution >= 4 is 17.4 Å². The van der Waals surface area contributed by atoms with Crippen molar-refractivity contribution in [3.63, 3.8) is 0 Å². The number of imidazole rings is 1. The van der Waals surface area contributed by atoms with Gasteiger partial charge >= 0.3 is 6.03 Å². The van der Waals surface area contributed by atoms with Crippen molar-refractivity contribution in [2.24, 2.45) is 0 Å². The van der Waals surface area contributed by atoms with Crippen LogP contribution >= 0.6 is 0 Å². The van der Waals surface area contributed by atoms with Gasteiger partial charge in [-0.2, -0.15) is 5.10 Å². The number of benzene rings is 2. The number of pyridine rings is 1. The number of aromatic nitrogens is 5. The molecule has 176 valence electrons. The Morgan fingerprint density at radius 2 is 1.86 bits per heavy atom. The third-order valence-corrected chi connectivity index (χ3v) is 5.47. The first kappa shape index (κ1) is 22.1. The lowest BCUT2D eigenvalue weighted by Gasteiger charge is -2.10. The maximum Gasteiger partial charge on any atom is 0.319 e. The third kappa shape index (κ3) is 4.29. The molecule has 0 radical (unpaired) electrons. The van der Waals surface area contributed by atoms with E-state index in [-0.39, 0.29) is 11.8 Å². The van der Waals surface area contributed by atoms with Gasteiger partial charge in [-0.3, -0.25) is 4.40 Å². The predicted molar refractivity (Wildman–Crippen MR) is 130 cm³/mol. The van der Waals surface area contributed by atoms with Gasteiger partial charge in [0.25, 0.3) is 0 Å². The molecule has 3 heterocycles. The van der Waals surface area contributed by atoms with Crippen LogP contribution in [0.3, 0.4) is 0 Å². The molecular weight excluding hydrogens is 449 g/mol. The highest BCUT2D eigenvalue weighted by Crippen LogP contribution is 2.28. The molecule has 0 saturated carbocycles. The number of nitrogens with one attached hydrogen (secondary N) is 2. The second kappa shape index (κ2) is 9.26. The average Bonchev–Trinajstić information content (AvgIpc) is 3.52. The zero-order valence-corrected chi connectivity index (χ0v) is 19.1. The van der Waals surface area contributed by atoms with E-state index < -0.39 is 5.82 Å². The van der Waals surface area contributed by atoms with Gasteiger partial charge in [-0.25, -0.2) is 23.8 Å². The number of rotatable bonds is 6. The minimum Gasteiger partial charge on any atom is -0.494 e. The summed E-state index contributed by atoms with van der Waals surface area (Å²) < 4.78 is 22.6. The topological polar surface area (TPSA) is 98.4 Å². The van der Waals surface area contributed by atoms with E-state index in [0.29, 0.717) is 23.7 Å². The molecule has 0 aliphatic rings. The van der Waals surface area contributed by atoms with E-state index in [9.17, 15) is 9.18 Å². The van der Waals surface area contributed by atoms with Crippen LogP contribution in [0.15, 0.2) is 73.3 Å². The van der Waals surface area contributed by atoms with Crippen molar-refractivity contribution in [2.45, 2.75) is 6.92 Å². The van der Waals surface area contributed by atoms with Crippen LogP contribution in [-0.4, -0.2) is 43.8 Å². The number of hydrogen-bond donors (Lipinski definition) is 2. The van der Waals surface area contributed by atoms with Gasteiger partial charge in [0.2, 0.25) is 0 Å². The fourth-order valence-corrected chi connectivity index (χ4v) is 3.79. The smallest absolute Gasteiger partial charge is 0.319 e. The zero-order chi connectivity index (χ0) is 24.4. The fraction of sp³-hybridized carbons (Fsp3) is 0.120. The molecule has 0 bridgehead atoms. The van der Waals surface area contributed by atoms with E-state index in [1.807, 2.05) is 53.9 Å². The lowest BCUT2D eigenvalue weighted by Crippen LogP contribution is -2.28. The van der Waals surface area contributed by atoms with E-state index >= 15 is 0 Å². The first-order valence-corrected chi connectivity index (χ1v) is 10.9. The van der Waals surface area contributed by atoms with E-state index in [1.165, 1.54) is 19.5 Å². The van der Waals surface area contributed by atoms with Gasteiger partial charge in [0.15, 0.2) is 17.4 Å². The van der Waals surface area contributed by atoms with Gasteiger partial charge in [-0.05, 0) is 43.3 Å². The molecule has 0 saturated heterocycles. The molecule has 2 amide bonds. The quantitative estimate of drug-likeness (QED) is 0.379. The Morgan fingerprint density at radius 1 is 1.06 bits per heavy atom. The SMILES string of the molecule is CCNC(=O)Nc1ccc(-c2cnc3ccc(-c4ncnn4-c4ccc(F)c(OC)c4)cn23)cc1.